The molecule has 0 unspecified atom stereocenters. The van der Waals surface area contributed by atoms with Gasteiger partial charge in [0.25, 0.3) is 5.91 Å². The number of rotatable bonds is 5. The van der Waals surface area contributed by atoms with Crippen LogP contribution in [0.5, 0.6) is 5.75 Å². The number of amides is 1. The molecule has 1 aliphatic carbocycles. The van der Waals surface area contributed by atoms with Crippen LogP contribution >= 0.6 is 0 Å². The van der Waals surface area contributed by atoms with Gasteiger partial charge in [0.15, 0.2) is 6.61 Å². The van der Waals surface area contributed by atoms with Crippen LogP contribution in [0, 0.1) is 0 Å². The van der Waals surface area contributed by atoms with Crippen LogP contribution < -0.4 is 15.8 Å². The molecule has 1 fully saturated rings. The first-order chi connectivity index (χ1) is 10.1. The number of ether oxygens (including phenoxy) is 1. The van der Waals surface area contributed by atoms with Gasteiger partial charge in [0.05, 0.1) is 0 Å². The Morgan fingerprint density at radius 2 is 2.10 bits per heavy atom. The summed E-state index contributed by atoms with van der Waals surface area (Å²) in [4.78, 5) is 11.8. The van der Waals surface area contributed by atoms with Gasteiger partial charge in [-0.15, -0.1) is 0 Å². The van der Waals surface area contributed by atoms with Crippen LogP contribution in [-0.2, 0) is 4.79 Å². The molecule has 2 aromatic rings. The lowest BCUT2D eigenvalue weighted by atomic mass is 10.0. The second-order valence-electron chi connectivity index (χ2n) is 5.62. The molecule has 0 aliphatic heterocycles. The van der Waals surface area contributed by atoms with Crippen LogP contribution in [-0.4, -0.2) is 18.6 Å². The summed E-state index contributed by atoms with van der Waals surface area (Å²) in [7, 11) is 0. The first kappa shape index (κ1) is 13.9. The predicted molar refractivity (Wildman–Crippen MR) is 83.2 cm³/mol. The zero-order chi connectivity index (χ0) is 14.8. The Morgan fingerprint density at radius 3 is 2.81 bits per heavy atom. The number of carbonyl (C=O) groups excluding carboxylic acids is 1. The molecule has 1 amide bonds. The molecule has 1 aliphatic rings. The maximum absolute atomic E-state index is 11.8. The topological polar surface area (TPSA) is 64.3 Å². The van der Waals surface area contributed by atoms with E-state index in [0.717, 1.165) is 29.2 Å². The maximum Gasteiger partial charge on any atom is 0.258 e. The number of nitrogens with one attached hydrogen (secondary N) is 1. The van der Waals surface area contributed by atoms with Crippen molar-refractivity contribution in [2.75, 3.05) is 6.61 Å². The standard InChI is InChI=1S/C17H20N2O2/c1-11(18)14-9-6-12-4-2-3-5-15(12)17(14)21-10-16(20)19-13-7-8-13/h2-6,9,11,13H,7-8,10,18H2,1H3,(H,19,20)/t11-/m0/s1. The molecule has 0 spiro atoms. The molecule has 0 radical (unpaired) electrons. The van der Waals surface area contributed by atoms with Crippen molar-refractivity contribution in [3.63, 3.8) is 0 Å². The first-order valence-electron chi connectivity index (χ1n) is 7.34. The third-order valence-corrected chi connectivity index (χ3v) is 3.69. The summed E-state index contributed by atoms with van der Waals surface area (Å²) in [6, 6.07) is 12.2. The highest BCUT2D eigenvalue weighted by atomic mass is 16.5. The molecule has 0 saturated heterocycles. The van der Waals surface area contributed by atoms with Gasteiger partial charge in [-0.25, -0.2) is 0 Å². The molecule has 3 rings (SSSR count). The van der Waals surface area contributed by atoms with Crippen LogP contribution in [0.2, 0.25) is 0 Å². The minimum atomic E-state index is -0.143. The molecule has 4 heteroatoms. The summed E-state index contributed by atoms with van der Waals surface area (Å²) in [5.74, 6) is 0.648. The van der Waals surface area contributed by atoms with Crippen LogP contribution in [0.25, 0.3) is 10.8 Å². The fourth-order valence-corrected chi connectivity index (χ4v) is 2.41. The Kier molecular flexibility index (Phi) is 3.80. The monoisotopic (exact) mass is 284 g/mol. The van der Waals surface area contributed by atoms with E-state index in [4.69, 9.17) is 10.5 Å². The summed E-state index contributed by atoms with van der Waals surface area (Å²) in [6.45, 7) is 1.95. The second kappa shape index (κ2) is 5.74. The smallest absolute Gasteiger partial charge is 0.258 e. The lowest BCUT2D eigenvalue weighted by Crippen LogP contribution is -2.30. The van der Waals surface area contributed by atoms with Gasteiger partial charge in [0.1, 0.15) is 5.75 Å². The molecule has 1 atom stereocenters. The van der Waals surface area contributed by atoms with Crippen molar-refractivity contribution in [2.24, 2.45) is 5.73 Å². The van der Waals surface area contributed by atoms with Crippen LogP contribution in [0.3, 0.4) is 0 Å². The van der Waals surface area contributed by atoms with Crippen LogP contribution in [0.1, 0.15) is 31.4 Å². The molecule has 4 nitrogen and oxygen atoms in total. The Hall–Kier alpha value is -2.07. The zero-order valence-corrected chi connectivity index (χ0v) is 12.1. The van der Waals surface area contributed by atoms with E-state index >= 15 is 0 Å². The molecular weight excluding hydrogens is 264 g/mol. The molecule has 0 aromatic heterocycles. The molecule has 21 heavy (non-hydrogen) atoms. The largest absolute Gasteiger partial charge is 0.483 e. The van der Waals surface area contributed by atoms with E-state index in [0.29, 0.717) is 11.8 Å². The predicted octanol–water partition coefficient (Wildman–Crippen LogP) is 2.52. The first-order valence-corrected chi connectivity index (χ1v) is 7.34. The average molecular weight is 284 g/mol. The van der Waals surface area contributed by atoms with Crippen molar-refractivity contribution in [1.82, 2.24) is 5.32 Å². The van der Waals surface area contributed by atoms with E-state index in [1.165, 1.54) is 0 Å². The molecule has 1 saturated carbocycles. The number of nitrogens with two attached hydrogens (primary N) is 1. The Labute approximate surface area is 124 Å². The fourth-order valence-electron chi connectivity index (χ4n) is 2.41. The third kappa shape index (κ3) is 3.16. The minimum Gasteiger partial charge on any atom is -0.483 e. The van der Waals surface area contributed by atoms with Gasteiger partial charge < -0.3 is 15.8 Å². The van der Waals surface area contributed by atoms with Crippen molar-refractivity contribution in [3.8, 4) is 5.75 Å². The highest BCUT2D eigenvalue weighted by molar-refractivity contribution is 5.90. The zero-order valence-electron chi connectivity index (χ0n) is 12.1. The SMILES string of the molecule is C[C@H](N)c1ccc2ccccc2c1OCC(=O)NC1CC1. The number of hydrogen-bond donors (Lipinski definition) is 2. The molecule has 0 bridgehead atoms. The summed E-state index contributed by atoms with van der Waals surface area (Å²) >= 11 is 0. The maximum atomic E-state index is 11.8. The van der Waals surface area contributed by atoms with Gasteiger partial charge in [-0.2, -0.15) is 0 Å². The van der Waals surface area contributed by atoms with E-state index in [2.05, 4.69) is 5.32 Å². The van der Waals surface area contributed by atoms with Gasteiger partial charge in [0, 0.05) is 23.0 Å². The molecule has 3 N–H and O–H groups in total. The van der Waals surface area contributed by atoms with Gasteiger partial charge in [0.2, 0.25) is 0 Å². The van der Waals surface area contributed by atoms with Crippen molar-refractivity contribution < 1.29 is 9.53 Å². The van der Waals surface area contributed by atoms with E-state index in [9.17, 15) is 4.79 Å². The molecular formula is C17H20N2O2. The quantitative estimate of drug-likeness (QED) is 0.886. The summed E-state index contributed by atoms with van der Waals surface area (Å²) in [5, 5.41) is 5.00. The summed E-state index contributed by atoms with van der Waals surface area (Å²) in [5.41, 5.74) is 6.95. The highest BCUT2D eigenvalue weighted by Gasteiger charge is 2.23. The van der Waals surface area contributed by atoms with Crippen molar-refractivity contribution in [3.05, 3.63) is 42.0 Å². The number of carbonyl (C=O) groups is 1. The van der Waals surface area contributed by atoms with Crippen molar-refractivity contribution >= 4 is 16.7 Å². The lowest BCUT2D eigenvalue weighted by Gasteiger charge is -2.16. The molecule has 0 heterocycles. The Morgan fingerprint density at radius 1 is 1.33 bits per heavy atom. The van der Waals surface area contributed by atoms with Crippen molar-refractivity contribution in [2.45, 2.75) is 31.8 Å². The van der Waals surface area contributed by atoms with E-state index in [1.54, 1.807) is 0 Å². The Balaban J connectivity index is 1.86. The van der Waals surface area contributed by atoms with Gasteiger partial charge in [-0.1, -0.05) is 36.4 Å². The number of fused-ring (bicyclic) bond motifs is 1. The summed E-state index contributed by atoms with van der Waals surface area (Å²) in [6.07, 6.45) is 2.15. The average Bonchev–Trinajstić information content (AvgIpc) is 3.28. The third-order valence-electron chi connectivity index (χ3n) is 3.69. The van der Waals surface area contributed by atoms with E-state index in [1.807, 2.05) is 43.3 Å². The van der Waals surface area contributed by atoms with Crippen molar-refractivity contribution in [1.29, 1.82) is 0 Å². The normalized spacial score (nSPS) is 15.7. The number of hydrogen-bond acceptors (Lipinski definition) is 3. The summed E-state index contributed by atoms with van der Waals surface area (Å²) < 4.78 is 5.81. The second-order valence-corrected chi connectivity index (χ2v) is 5.62. The van der Waals surface area contributed by atoms with Gasteiger partial charge in [-0.05, 0) is 25.2 Å². The minimum absolute atomic E-state index is 0.0320. The Bertz CT molecular complexity index is 663. The highest BCUT2D eigenvalue weighted by Crippen LogP contribution is 2.32. The van der Waals surface area contributed by atoms with Crippen LogP contribution in [0.15, 0.2) is 36.4 Å². The van der Waals surface area contributed by atoms with Crippen LogP contribution in [0.4, 0.5) is 0 Å². The lowest BCUT2D eigenvalue weighted by molar-refractivity contribution is -0.123. The number of benzene rings is 2. The fraction of sp³-hybridized carbons (Fsp3) is 0.353. The molecule has 2 aromatic carbocycles. The molecule has 110 valence electrons. The van der Waals surface area contributed by atoms with E-state index in [-0.39, 0.29) is 18.6 Å². The van der Waals surface area contributed by atoms with Gasteiger partial charge >= 0.3 is 0 Å². The van der Waals surface area contributed by atoms with E-state index < -0.39 is 0 Å². The van der Waals surface area contributed by atoms with Gasteiger partial charge in [-0.3, -0.25) is 4.79 Å².